The molecular formula is C27H31Cl2N3O5. The van der Waals surface area contributed by atoms with Crippen LogP contribution in [0.15, 0.2) is 42.5 Å². The first kappa shape index (κ1) is 28.5. The van der Waals surface area contributed by atoms with E-state index in [9.17, 15) is 24.3 Å². The first-order chi connectivity index (χ1) is 17.6. The summed E-state index contributed by atoms with van der Waals surface area (Å²) in [6.45, 7) is 1.93. The largest absolute Gasteiger partial charge is 0.480 e. The molecule has 0 bridgehead atoms. The minimum atomic E-state index is -1.12. The highest BCUT2D eigenvalue weighted by Gasteiger charge is 2.41. The summed E-state index contributed by atoms with van der Waals surface area (Å²) in [6.07, 6.45) is 4.57. The topological polar surface area (TPSA) is 125 Å². The van der Waals surface area contributed by atoms with E-state index in [1.54, 1.807) is 42.5 Å². The predicted molar refractivity (Wildman–Crippen MR) is 143 cm³/mol. The van der Waals surface area contributed by atoms with E-state index in [2.05, 4.69) is 16.0 Å². The van der Waals surface area contributed by atoms with Crippen molar-refractivity contribution in [3.8, 4) is 0 Å². The molecule has 8 nitrogen and oxygen atoms in total. The van der Waals surface area contributed by atoms with Gasteiger partial charge in [0.2, 0.25) is 11.8 Å². The van der Waals surface area contributed by atoms with Gasteiger partial charge in [0, 0.05) is 31.0 Å². The lowest BCUT2D eigenvalue weighted by atomic mass is 9.80. The van der Waals surface area contributed by atoms with Gasteiger partial charge in [0.05, 0.1) is 15.6 Å². The van der Waals surface area contributed by atoms with Crippen molar-refractivity contribution in [2.75, 3.05) is 11.9 Å². The van der Waals surface area contributed by atoms with E-state index >= 15 is 0 Å². The normalized spacial score (nSPS) is 15.0. The van der Waals surface area contributed by atoms with Crippen molar-refractivity contribution in [2.45, 2.75) is 57.9 Å². The van der Waals surface area contributed by atoms with Crippen LogP contribution in [0.4, 0.5) is 5.69 Å². The van der Waals surface area contributed by atoms with Crippen molar-refractivity contribution < 1.29 is 24.3 Å². The summed E-state index contributed by atoms with van der Waals surface area (Å²) in [5, 5.41) is 18.5. The van der Waals surface area contributed by atoms with E-state index in [4.69, 9.17) is 23.2 Å². The lowest BCUT2D eigenvalue weighted by Gasteiger charge is -2.29. The number of halogens is 2. The number of amides is 3. The molecule has 0 aliphatic heterocycles. The third-order valence-corrected chi connectivity index (χ3v) is 7.32. The van der Waals surface area contributed by atoms with Crippen molar-refractivity contribution in [3.63, 3.8) is 0 Å². The first-order valence-electron chi connectivity index (χ1n) is 12.2. The average Bonchev–Trinajstić information content (AvgIpc) is 3.32. The highest BCUT2D eigenvalue weighted by molar-refractivity contribution is 6.40. The van der Waals surface area contributed by atoms with Crippen LogP contribution >= 0.6 is 23.2 Å². The van der Waals surface area contributed by atoms with Crippen molar-refractivity contribution in [3.05, 3.63) is 63.6 Å². The van der Waals surface area contributed by atoms with Gasteiger partial charge in [-0.3, -0.25) is 14.4 Å². The summed E-state index contributed by atoms with van der Waals surface area (Å²) >= 11 is 12.2. The molecular weight excluding hydrogens is 517 g/mol. The van der Waals surface area contributed by atoms with Gasteiger partial charge in [0.25, 0.3) is 5.91 Å². The number of aliphatic carboxylic acids is 1. The number of carboxylic acid groups (broad SMARTS) is 1. The number of anilines is 1. The molecule has 0 unspecified atom stereocenters. The summed E-state index contributed by atoms with van der Waals surface area (Å²) in [6, 6.07) is 10.4. The van der Waals surface area contributed by atoms with Gasteiger partial charge in [0.15, 0.2) is 0 Å². The molecule has 1 atom stereocenters. The Bertz CT molecular complexity index is 1130. The molecule has 198 valence electrons. The standard InChI is InChI=1S/C27H31Cl2N3O5/c1-17(33)30-15-5-14-27(12-2-3-13-27)26(37)32-22(25(35)36)16-18-8-10-19(11-9-18)31-24(34)23-20(28)6-4-7-21(23)29/h4,6-11,22H,2-3,5,12-16H2,1H3,(H,30,33)(H,31,34)(H,32,37)(H,35,36)/t22-/m0/s1. The van der Waals surface area contributed by atoms with Crippen LogP contribution < -0.4 is 16.0 Å². The van der Waals surface area contributed by atoms with E-state index in [1.807, 2.05) is 0 Å². The van der Waals surface area contributed by atoms with Crippen LogP contribution in [0.5, 0.6) is 0 Å². The molecule has 1 fully saturated rings. The first-order valence-corrected chi connectivity index (χ1v) is 13.0. The monoisotopic (exact) mass is 547 g/mol. The fraction of sp³-hybridized carbons (Fsp3) is 0.407. The van der Waals surface area contributed by atoms with Crippen LogP contribution in [0, 0.1) is 5.41 Å². The molecule has 0 aromatic heterocycles. The summed E-state index contributed by atoms with van der Waals surface area (Å²) < 4.78 is 0. The second-order valence-corrected chi connectivity index (χ2v) is 10.2. The third kappa shape index (κ3) is 7.69. The Morgan fingerprint density at radius 2 is 1.62 bits per heavy atom. The van der Waals surface area contributed by atoms with Gasteiger partial charge in [-0.25, -0.2) is 4.79 Å². The summed E-state index contributed by atoms with van der Waals surface area (Å²) in [5.74, 6) is -1.94. The molecule has 0 saturated heterocycles. The Morgan fingerprint density at radius 3 is 2.19 bits per heavy atom. The minimum absolute atomic E-state index is 0.0909. The zero-order chi connectivity index (χ0) is 27.0. The van der Waals surface area contributed by atoms with E-state index in [0.717, 1.165) is 12.8 Å². The summed E-state index contributed by atoms with van der Waals surface area (Å²) in [5.41, 5.74) is 0.735. The van der Waals surface area contributed by atoms with Crippen molar-refractivity contribution >= 4 is 52.6 Å². The van der Waals surface area contributed by atoms with E-state index in [1.165, 1.54) is 6.92 Å². The van der Waals surface area contributed by atoms with Gasteiger partial charge < -0.3 is 21.1 Å². The fourth-order valence-corrected chi connectivity index (χ4v) is 5.28. The van der Waals surface area contributed by atoms with Gasteiger partial charge in [-0.2, -0.15) is 0 Å². The molecule has 37 heavy (non-hydrogen) atoms. The Morgan fingerprint density at radius 1 is 1.00 bits per heavy atom. The van der Waals surface area contributed by atoms with E-state index in [-0.39, 0.29) is 33.8 Å². The summed E-state index contributed by atoms with van der Waals surface area (Å²) in [7, 11) is 0. The molecule has 2 aromatic carbocycles. The number of rotatable bonds is 11. The number of carbonyl (C=O) groups excluding carboxylic acids is 3. The Hall–Kier alpha value is -3.10. The van der Waals surface area contributed by atoms with Gasteiger partial charge in [-0.15, -0.1) is 0 Å². The van der Waals surface area contributed by atoms with Gasteiger partial charge in [0.1, 0.15) is 6.04 Å². The number of hydrogen-bond donors (Lipinski definition) is 4. The third-order valence-electron chi connectivity index (χ3n) is 6.69. The van der Waals surface area contributed by atoms with Crippen molar-refractivity contribution in [2.24, 2.45) is 5.41 Å². The Labute approximate surface area is 226 Å². The maximum Gasteiger partial charge on any atom is 0.326 e. The SMILES string of the molecule is CC(=O)NCCCC1(C(=O)N[C@@H](Cc2ccc(NC(=O)c3c(Cl)cccc3Cl)cc2)C(=O)O)CCCC1. The van der Waals surface area contributed by atoms with Crippen LogP contribution in [0.2, 0.25) is 10.0 Å². The van der Waals surface area contributed by atoms with Crippen molar-refractivity contribution in [1.82, 2.24) is 10.6 Å². The van der Waals surface area contributed by atoms with Gasteiger partial charge in [-0.05, 0) is 55.5 Å². The smallest absolute Gasteiger partial charge is 0.326 e. The lowest BCUT2D eigenvalue weighted by molar-refractivity contribution is -0.144. The second kappa shape index (κ2) is 12.9. The highest BCUT2D eigenvalue weighted by Crippen LogP contribution is 2.42. The zero-order valence-corrected chi connectivity index (χ0v) is 22.1. The van der Waals surface area contributed by atoms with E-state index < -0.39 is 23.3 Å². The Kier molecular flexibility index (Phi) is 9.94. The van der Waals surface area contributed by atoms with E-state index in [0.29, 0.717) is 43.5 Å². The van der Waals surface area contributed by atoms with Gasteiger partial charge in [-0.1, -0.05) is 54.2 Å². The average molecular weight is 548 g/mol. The number of nitrogens with one attached hydrogen (secondary N) is 3. The van der Waals surface area contributed by atoms with Crippen LogP contribution in [0.25, 0.3) is 0 Å². The molecule has 1 saturated carbocycles. The molecule has 0 heterocycles. The zero-order valence-electron chi connectivity index (χ0n) is 20.6. The van der Waals surface area contributed by atoms with Crippen LogP contribution in [-0.4, -0.2) is 41.4 Å². The lowest BCUT2D eigenvalue weighted by Crippen LogP contribution is -2.49. The summed E-state index contributed by atoms with van der Waals surface area (Å²) in [4.78, 5) is 48.9. The number of carbonyl (C=O) groups is 4. The highest BCUT2D eigenvalue weighted by atomic mass is 35.5. The van der Waals surface area contributed by atoms with Gasteiger partial charge >= 0.3 is 5.97 Å². The molecule has 2 aromatic rings. The molecule has 1 aliphatic carbocycles. The van der Waals surface area contributed by atoms with Crippen LogP contribution in [0.3, 0.4) is 0 Å². The molecule has 0 spiro atoms. The maximum absolute atomic E-state index is 13.2. The molecule has 10 heteroatoms. The molecule has 0 radical (unpaired) electrons. The number of carboxylic acids is 1. The Balaban J connectivity index is 1.62. The van der Waals surface area contributed by atoms with Crippen LogP contribution in [-0.2, 0) is 20.8 Å². The van der Waals surface area contributed by atoms with Crippen molar-refractivity contribution in [1.29, 1.82) is 0 Å². The predicted octanol–water partition coefficient (Wildman–Crippen LogP) is 4.83. The minimum Gasteiger partial charge on any atom is -0.480 e. The second-order valence-electron chi connectivity index (χ2n) is 9.39. The van der Waals surface area contributed by atoms with Crippen LogP contribution in [0.1, 0.15) is 61.4 Å². The molecule has 3 amide bonds. The molecule has 1 aliphatic rings. The maximum atomic E-state index is 13.2. The fourth-order valence-electron chi connectivity index (χ4n) is 4.71. The molecule has 4 N–H and O–H groups in total. The number of benzene rings is 2. The quantitative estimate of drug-likeness (QED) is 0.300. The molecule has 3 rings (SSSR count). The number of hydrogen-bond acceptors (Lipinski definition) is 4.